The van der Waals surface area contributed by atoms with E-state index in [1.54, 1.807) is 31.9 Å². The van der Waals surface area contributed by atoms with E-state index in [4.69, 9.17) is 46.7 Å². The first-order valence-electron chi connectivity index (χ1n) is 15.5. The highest BCUT2D eigenvalue weighted by molar-refractivity contribution is 9.10. The standard InChI is InChI=1S/C6H14O3S.C5H13NO4S.C5H12O4S.C5H12O3S.C5H10OS.C4H7BrO.CH4S/c1-5(7)6(2,3)10(4,8)9;1-5(2,4(7)6-8)11(3,9)10;1-5(2,4(6)7)10(3,8)9;1-4(6)5(2)9(3,7)8;1-4(6)5(2)7-3;1-3(5)4(2)6;1-2/h8-9H,1-4H3;8-10H,1-3H3,(H,6,7);8-9H,1-3H3,(H,6,7);5,7-8H,1-3H3;5H,1-3H3;3H,1-2H3;2H,1H3. The van der Waals surface area contributed by atoms with Gasteiger partial charge in [-0.3, -0.25) is 65.6 Å². The second-order valence-corrected chi connectivity index (χ2v) is 26.3. The zero-order chi connectivity index (χ0) is 47.1. The van der Waals surface area contributed by atoms with Gasteiger partial charge in [0.15, 0.2) is 16.3 Å². The maximum absolute atomic E-state index is 10.8. The molecule has 0 aromatic rings. The van der Waals surface area contributed by atoms with Crippen LogP contribution in [0.5, 0.6) is 0 Å². The van der Waals surface area contributed by atoms with Crippen LogP contribution in [0.3, 0.4) is 0 Å². The van der Waals surface area contributed by atoms with Crippen LogP contribution >= 0.6 is 82.7 Å². The highest BCUT2D eigenvalue weighted by atomic mass is 79.9. The highest BCUT2D eigenvalue weighted by Gasteiger charge is 2.39. The third kappa shape index (κ3) is 32.4. The van der Waals surface area contributed by atoms with Gasteiger partial charge >= 0.3 is 5.97 Å². The van der Waals surface area contributed by atoms with Crippen molar-refractivity contribution in [1.82, 2.24) is 5.48 Å². The van der Waals surface area contributed by atoms with Crippen LogP contribution in [0, 0.1) is 0 Å². The van der Waals surface area contributed by atoms with Crippen LogP contribution in [0.2, 0.25) is 0 Å². The van der Waals surface area contributed by atoms with Crippen molar-refractivity contribution in [3.63, 3.8) is 0 Å². The Morgan fingerprint density at radius 2 is 0.891 bits per heavy atom. The quantitative estimate of drug-likeness (QED) is 0.0402. The van der Waals surface area contributed by atoms with Crippen molar-refractivity contribution in [3.05, 3.63) is 0 Å². The predicted octanol–water partition coefficient (Wildman–Crippen LogP) is 8.19. The number of thioether (sulfide) groups is 1. The van der Waals surface area contributed by atoms with Crippen molar-refractivity contribution in [2.75, 3.05) is 37.5 Å². The molecule has 3 unspecified atom stereocenters. The number of Topliss-reactive ketones (excluding diaryl/α,β-unsaturated/α-hetero) is 4. The molecule has 24 heteroatoms. The van der Waals surface area contributed by atoms with Gasteiger partial charge in [0.2, 0.25) is 0 Å². The zero-order valence-electron chi connectivity index (χ0n) is 35.5. The summed E-state index contributed by atoms with van der Waals surface area (Å²) in [5, 5.41) is 16.3. The summed E-state index contributed by atoms with van der Waals surface area (Å²) in [5.74, 6) is -1.95. The monoisotopic (exact) mass is 985 g/mol. The molecule has 0 radical (unpaired) electrons. The van der Waals surface area contributed by atoms with Crippen molar-refractivity contribution in [1.29, 1.82) is 0 Å². The molecule has 11 N–H and O–H groups in total. The summed E-state index contributed by atoms with van der Waals surface area (Å²) in [5.41, 5.74) is 1.37. The molecule has 0 aliphatic rings. The molecule has 0 spiro atoms. The number of carboxylic acid groups (broad SMARTS) is 1. The molecule has 17 nitrogen and oxygen atoms in total. The SMILES string of the molecule is CC(=O)C(C)(C)S(C)(O)O.CC(=O)C(C)Br.CC(=O)C(C)S(C)(O)O.CC(C)(C(=O)NO)S(C)(O)O.CC(C)(C(=O)O)S(C)(O)O.CS.CSC(C)C(C)=O. The first-order valence-corrected chi connectivity index (χ1v) is 26.5. The molecule has 0 fully saturated rings. The summed E-state index contributed by atoms with van der Waals surface area (Å²) in [7, 11) is -11.4. The number of hydrogen-bond donors (Lipinski definition) is 12. The summed E-state index contributed by atoms with van der Waals surface area (Å²) in [4.78, 5) is 63.0. The molecule has 0 aliphatic heterocycles. The van der Waals surface area contributed by atoms with Crippen LogP contribution in [-0.2, 0) is 28.8 Å². The summed E-state index contributed by atoms with van der Waals surface area (Å²) < 4.78 is 68.4. The minimum Gasteiger partial charge on any atom is -0.480 e. The fourth-order valence-electron chi connectivity index (χ4n) is 1.23. The molecule has 3 atom stereocenters. The lowest BCUT2D eigenvalue weighted by atomic mass is 10.1. The molecule has 0 rings (SSSR count). The summed E-state index contributed by atoms with van der Waals surface area (Å²) in [6, 6.07) is 0. The second kappa shape index (κ2) is 30.0. The summed E-state index contributed by atoms with van der Waals surface area (Å²) in [6.07, 6.45) is 8.48. The van der Waals surface area contributed by atoms with E-state index in [-0.39, 0.29) is 33.2 Å². The Bertz CT molecular complexity index is 1130. The Kier molecular flexibility index (Phi) is 37.8. The Morgan fingerprint density at radius 1 is 0.618 bits per heavy atom. The van der Waals surface area contributed by atoms with Crippen molar-refractivity contribution in [2.45, 2.75) is 120 Å². The van der Waals surface area contributed by atoms with Gasteiger partial charge < -0.3 is 5.11 Å². The number of rotatable bonds is 11. The Balaban J connectivity index is -0.000000101. The molecule has 55 heavy (non-hydrogen) atoms. The largest absolute Gasteiger partial charge is 0.480 e. The molecule has 0 bridgehead atoms. The van der Waals surface area contributed by atoms with Gasteiger partial charge in [-0.05, 0) is 103 Å². The van der Waals surface area contributed by atoms with Crippen molar-refractivity contribution in [2.24, 2.45) is 0 Å². The Labute approximate surface area is 353 Å². The van der Waals surface area contributed by atoms with E-state index >= 15 is 0 Å². The third-order valence-corrected chi connectivity index (χ3v) is 17.4. The van der Waals surface area contributed by atoms with E-state index in [0.717, 1.165) is 12.5 Å². The number of hydrogen-bond acceptors (Lipinski definition) is 17. The number of carboxylic acids is 1. The molecule has 0 saturated heterocycles. The van der Waals surface area contributed by atoms with Crippen LogP contribution in [0.1, 0.15) is 90.0 Å². The van der Waals surface area contributed by atoms with Gasteiger partial charge in [-0.25, -0.2) is 10.3 Å². The minimum atomic E-state index is -3.00. The highest BCUT2D eigenvalue weighted by Crippen LogP contribution is 2.50. The number of thiol groups is 1. The molecule has 0 aromatic carbocycles. The Hall–Kier alpha value is -0.160. The van der Waals surface area contributed by atoms with E-state index in [9.17, 15) is 28.8 Å². The number of carbonyl (C=O) groups is 6. The van der Waals surface area contributed by atoms with Gasteiger partial charge in [0.1, 0.15) is 26.3 Å². The lowest BCUT2D eigenvalue weighted by Crippen LogP contribution is -2.44. The normalized spacial score (nSPS) is 14.4. The smallest absolute Gasteiger partial charge is 0.328 e. The van der Waals surface area contributed by atoms with Crippen molar-refractivity contribution < 1.29 is 75.5 Å². The molecule has 0 aliphatic carbocycles. The summed E-state index contributed by atoms with van der Waals surface area (Å²) in [6.45, 7) is 19.4. The second-order valence-electron chi connectivity index (χ2n) is 13.2. The van der Waals surface area contributed by atoms with E-state index in [2.05, 4.69) is 28.6 Å². The van der Waals surface area contributed by atoms with Gasteiger partial charge in [0, 0.05) is 25.0 Å². The number of alkyl halides is 1. The maximum atomic E-state index is 10.8. The molecule has 0 heterocycles. The fourth-order valence-corrected chi connectivity index (χ4v) is 3.46. The molecular weight excluding hydrogens is 915 g/mol. The lowest BCUT2D eigenvalue weighted by Gasteiger charge is -2.41. The number of hydroxylamine groups is 1. The van der Waals surface area contributed by atoms with Crippen LogP contribution < -0.4 is 5.48 Å². The molecule has 340 valence electrons. The van der Waals surface area contributed by atoms with Crippen LogP contribution in [0.15, 0.2) is 0 Å². The first kappa shape index (κ1) is 69.5. The molecule has 1 amide bonds. The first-order chi connectivity index (χ1) is 23.8. The predicted molar refractivity (Wildman–Crippen MR) is 243 cm³/mol. The van der Waals surface area contributed by atoms with Crippen LogP contribution in [0.25, 0.3) is 0 Å². The number of nitrogens with one attached hydrogen (secondary N) is 1. The number of halogens is 1. The Morgan fingerprint density at radius 3 is 0.909 bits per heavy atom. The summed E-state index contributed by atoms with van der Waals surface area (Å²) >= 11 is 8.20. The number of aliphatic carboxylic acids is 1. The average molecular weight is 987 g/mol. The van der Waals surface area contributed by atoms with E-state index in [0.29, 0.717) is 0 Å². The average Bonchev–Trinajstić information content (AvgIpc) is 2.99. The van der Waals surface area contributed by atoms with Crippen LogP contribution in [0.4, 0.5) is 0 Å². The van der Waals surface area contributed by atoms with Crippen molar-refractivity contribution >= 4 is 118 Å². The van der Waals surface area contributed by atoms with Gasteiger partial charge in [0.25, 0.3) is 5.91 Å². The number of ketones is 4. The van der Waals surface area contributed by atoms with E-state index in [1.807, 2.05) is 20.1 Å². The van der Waals surface area contributed by atoms with Gasteiger partial charge in [-0.2, -0.15) is 66.7 Å². The lowest BCUT2D eigenvalue weighted by molar-refractivity contribution is -0.139. The van der Waals surface area contributed by atoms with E-state index < -0.39 is 73.7 Å². The zero-order valence-corrected chi connectivity index (χ0v) is 42.1. The van der Waals surface area contributed by atoms with Gasteiger partial charge in [-0.15, -0.1) is 0 Å². The van der Waals surface area contributed by atoms with E-state index in [1.165, 1.54) is 80.3 Å². The maximum Gasteiger partial charge on any atom is 0.328 e. The number of amides is 1. The van der Waals surface area contributed by atoms with Crippen molar-refractivity contribution in [3.8, 4) is 0 Å². The van der Waals surface area contributed by atoms with Gasteiger partial charge in [0.05, 0.1) is 10.1 Å². The number of carbonyl (C=O) groups excluding carboxylic acids is 5. The minimum absolute atomic E-state index is 0.0255. The molecule has 0 aromatic heterocycles. The fraction of sp³-hybridized carbons (Fsp3) is 0.806. The topological polar surface area (TPSA) is 317 Å². The van der Waals surface area contributed by atoms with Gasteiger partial charge in [-0.1, -0.05) is 15.9 Å². The molecular formula is C31H72BrNO16S6. The third-order valence-electron chi connectivity index (χ3n) is 7.64. The van der Waals surface area contributed by atoms with Crippen LogP contribution in [-0.4, -0.2) is 149 Å². The molecule has 0 saturated carbocycles.